The number of nitrogens with one attached hydrogen (secondary N) is 1. The van der Waals surface area contributed by atoms with Gasteiger partial charge in [0.2, 0.25) is 0 Å². The smallest absolute Gasteiger partial charge is 0.0830 e. The Morgan fingerprint density at radius 3 is 3.25 bits per heavy atom. The molecule has 2 rings (SSSR count). The maximum atomic E-state index is 4.06. The van der Waals surface area contributed by atoms with Gasteiger partial charge in [0.1, 0.15) is 0 Å². The maximum absolute atomic E-state index is 4.06. The molecule has 12 heavy (non-hydrogen) atoms. The quantitative estimate of drug-likeness (QED) is 0.670. The Kier molecular flexibility index (Phi) is 2.08. The van der Waals surface area contributed by atoms with Gasteiger partial charge in [-0.25, -0.2) is 0 Å². The summed E-state index contributed by atoms with van der Waals surface area (Å²) >= 11 is 0. The normalized spacial score (nSPS) is 23.2. The van der Waals surface area contributed by atoms with E-state index in [4.69, 9.17) is 0 Å². The summed E-state index contributed by atoms with van der Waals surface area (Å²) in [6.07, 6.45) is 4.34. The van der Waals surface area contributed by atoms with Crippen molar-refractivity contribution in [3.63, 3.8) is 0 Å². The van der Waals surface area contributed by atoms with Gasteiger partial charge in [-0.05, 0) is 31.8 Å². The SMILES string of the molecule is Cn1cc(CC2CCNC2)nn1. The van der Waals surface area contributed by atoms with Gasteiger partial charge < -0.3 is 5.32 Å². The molecule has 1 unspecified atom stereocenters. The van der Waals surface area contributed by atoms with Gasteiger partial charge in [-0.1, -0.05) is 5.21 Å². The first-order valence-electron chi connectivity index (χ1n) is 4.40. The van der Waals surface area contributed by atoms with Gasteiger partial charge in [0.15, 0.2) is 0 Å². The Balaban J connectivity index is 1.94. The monoisotopic (exact) mass is 166 g/mol. The van der Waals surface area contributed by atoms with Crippen LogP contribution in [0, 0.1) is 5.92 Å². The van der Waals surface area contributed by atoms with Crippen molar-refractivity contribution in [2.24, 2.45) is 13.0 Å². The minimum absolute atomic E-state index is 0.765. The lowest BCUT2D eigenvalue weighted by molar-refractivity contribution is 0.571. The Hall–Kier alpha value is -0.900. The second-order valence-corrected chi connectivity index (χ2v) is 3.45. The molecular formula is C8H14N4. The van der Waals surface area contributed by atoms with Gasteiger partial charge in [-0.3, -0.25) is 4.68 Å². The molecule has 0 amide bonds. The minimum Gasteiger partial charge on any atom is -0.316 e. The van der Waals surface area contributed by atoms with E-state index in [0.717, 1.165) is 31.1 Å². The van der Waals surface area contributed by atoms with Crippen LogP contribution in [0.5, 0.6) is 0 Å². The average molecular weight is 166 g/mol. The molecule has 0 aliphatic carbocycles. The molecular weight excluding hydrogens is 152 g/mol. The molecule has 1 saturated heterocycles. The summed E-state index contributed by atoms with van der Waals surface area (Å²) < 4.78 is 1.76. The van der Waals surface area contributed by atoms with Gasteiger partial charge in [0.25, 0.3) is 0 Å². The van der Waals surface area contributed by atoms with Crippen LogP contribution in [-0.4, -0.2) is 28.1 Å². The summed E-state index contributed by atoms with van der Waals surface area (Å²) in [4.78, 5) is 0. The predicted octanol–water partition coefficient (Wildman–Crippen LogP) is -0.0329. The zero-order valence-corrected chi connectivity index (χ0v) is 7.32. The molecule has 1 atom stereocenters. The lowest BCUT2D eigenvalue weighted by Gasteiger charge is -2.02. The lowest BCUT2D eigenvalue weighted by atomic mass is 10.0. The van der Waals surface area contributed by atoms with Crippen LogP contribution in [0.2, 0.25) is 0 Å². The molecule has 1 aromatic rings. The summed E-state index contributed by atoms with van der Waals surface area (Å²) in [6, 6.07) is 0. The fraction of sp³-hybridized carbons (Fsp3) is 0.750. The first-order chi connectivity index (χ1) is 5.84. The van der Waals surface area contributed by atoms with Gasteiger partial charge in [0.05, 0.1) is 5.69 Å². The van der Waals surface area contributed by atoms with Crippen LogP contribution in [0.25, 0.3) is 0 Å². The number of rotatable bonds is 2. The van der Waals surface area contributed by atoms with Gasteiger partial charge >= 0.3 is 0 Å². The average Bonchev–Trinajstić information content (AvgIpc) is 2.63. The molecule has 1 fully saturated rings. The van der Waals surface area contributed by atoms with Crippen LogP contribution in [0.4, 0.5) is 0 Å². The highest BCUT2D eigenvalue weighted by atomic mass is 15.4. The Morgan fingerprint density at radius 2 is 2.67 bits per heavy atom. The maximum Gasteiger partial charge on any atom is 0.0830 e. The van der Waals surface area contributed by atoms with Crippen molar-refractivity contribution >= 4 is 0 Å². The Labute approximate surface area is 72.0 Å². The first-order valence-corrected chi connectivity index (χ1v) is 4.40. The van der Waals surface area contributed by atoms with Crippen molar-refractivity contribution in [3.05, 3.63) is 11.9 Å². The Bertz CT molecular complexity index is 249. The largest absolute Gasteiger partial charge is 0.316 e. The standard InChI is InChI=1S/C8H14N4/c1-12-6-8(10-11-12)4-7-2-3-9-5-7/h6-7,9H,2-5H2,1H3. The second-order valence-electron chi connectivity index (χ2n) is 3.45. The van der Waals surface area contributed by atoms with E-state index >= 15 is 0 Å². The molecule has 0 saturated carbocycles. The van der Waals surface area contributed by atoms with Crippen molar-refractivity contribution in [3.8, 4) is 0 Å². The number of aryl methyl sites for hydroxylation is 1. The second kappa shape index (κ2) is 3.23. The molecule has 0 bridgehead atoms. The summed E-state index contributed by atoms with van der Waals surface area (Å²) in [5, 5.41) is 11.3. The van der Waals surface area contributed by atoms with Gasteiger partial charge in [-0.15, -0.1) is 5.10 Å². The van der Waals surface area contributed by atoms with Crippen LogP contribution in [-0.2, 0) is 13.5 Å². The van der Waals surface area contributed by atoms with Crippen molar-refractivity contribution in [2.75, 3.05) is 13.1 Å². The van der Waals surface area contributed by atoms with Crippen LogP contribution in [0.15, 0.2) is 6.20 Å². The van der Waals surface area contributed by atoms with E-state index in [1.165, 1.54) is 6.42 Å². The third-order valence-corrected chi connectivity index (χ3v) is 2.31. The molecule has 1 aliphatic heterocycles. The van der Waals surface area contributed by atoms with Crippen LogP contribution in [0.3, 0.4) is 0 Å². The summed E-state index contributed by atoms with van der Waals surface area (Å²) in [5.41, 5.74) is 1.12. The van der Waals surface area contributed by atoms with E-state index in [9.17, 15) is 0 Å². The highest BCUT2D eigenvalue weighted by molar-refractivity contribution is 4.95. The lowest BCUT2D eigenvalue weighted by Crippen LogP contribution is -2.10. The molecule has 0 spiro atoms. The minimum atomic E-state index is 0.765. The van der Waals surface area contributed by atoms with E-state index in [0.29, 0.717) is 0 Å². The van der Waals surface area contributed by atoms with Gasteiger partial charge in [-0.2, -0.15) is 0 Å². The van der Waals surface area contributed by atoms with Crippen molar-refractivity contribution < 1.29 is 0 Å². The zero-order chi connectivity index (χ0) is 8.39. The molecule has 1 N–H and O–H groups in total. The van der Waals surface area contributed by atoms with E-state index in [1.807, 2.05) is 13.2 Å². The number of aromatic nitrogens is 3. The van der Waals surface area contributed by atoms with E-state index < -0.39 is 0 Å². The van der Waals surface area contributed by atoms with Gasteiger partial charge in [0, 0.05) is 13.2 Å². The number of nitrogens with zero attached hydrogens (tertiary/aromatic N) is 3. The van der Waals surface area contributed by atoms with E-state index in [-0.39, 0.29) is 0 Å². The van der Waals surface area contributed by atoms with E-state index in [1.54, 1.807) is 4.68 Å². The fourth-order valence-corrected chi connectivity index (χ4v) is 1.67. The molecule has 0 radical (unpaired) electrons. The summed E-state index contributed by atoms with van der Waals surface area (Å²) in [6.45, 7) is 2.29. The summed E-state index contributed by atoms with van der Waals surface area (Å²) in [5.74, 6) is 0.765. The highest BCUT2D eigenvalue weighted by Crippen LogP contribution is 2.12. The highest BCUT2D eigenvalue weighted by Gasteiger charge is 2.15. The van der Waals surface area contributed by atoms with Crippen LogP contribution < -0.4 is 5.32 Å². The van der Waals surface area contributed by atoms with Crippen molar-refractivity contribution in [1.82, 2.24) is 20.3 Å². The third kappa shape index (κ3) is 1.64. The molecule has 66 valence electrons. The molecule has 0 aromatic carbocycles. The summed E-state index contributed by atoms with van der Waals surface area (Å²) in [7, 11) is 1.91. The molecule has 2 heterocycles. The number of hydrogen-bond acceptors (Lipinski definition) is 3. The first kappa shape index (κ1) is 7.73. The van der Waals surface area contributed by atoms with Crippen molar-refractivity contribution in [2.45, 2.75) is 12.8 Å². The molecule has 1 aromatic heterocycles. The van der Waals surface area contributed by atoms with Crippen LogP contribution >= 0.6 is 0 Å². The van der Waals surface area contributed by atoms with Crippen molar-refractivity contribution in [1.29, 1.82) is 0 Å². The number of hydrogen-bond donors (Lipinski definition) is 1. The topological polar surface area (TPSA) is 42.7 Å². The fourth-order valence-electron chi connectivity index (χ4n) is 1.67. The zero-order valence-electron chi connectivity index (χ0n) is 7.32. The van der Waals surface area contributed by atoms with E-state index in [2.05, 4.69) is 15.6 Å². The molecule has 4 nitrogen and oxygen atoms in total. The molecule has 1 aliphatic rings. The molecule has 4 heteroatoms. The van der Waals surface area contributed by atoms with Crippen LogP contribution in [0.1, 0.15) is 12.1 Å². The Morgan fingerprint density at radius 1 is 1.75 bits per heavy atom. The predicted molar refractivity (Wildman–Crippen MR) is 45.7 cm³/mol. The third-order valence-electron chi connectivity index (χ3n) is 2.31.